The quantitative estimate of drug-likeness (QED) is 0.134. The highest BCUT2D eigenvalue weighted by molar-refractivity contribution is 6.18. The molecule has 3 aliphatic carbocycles. The number of benzene rings is 15. The van der Waals surface area contributed by atoms with E-state index in [9.17, 15) is 10.1 Å². The summed E-state index contributed by atoms with van der Waals surface area (Å²) < 4.78 is 0. The second-order valence-corrected chi connectivity index (χ2v) is 24.6. The number of nitro benzene ring substituents is 1. The third-order valence-corrected chi connectivity index (χ3v) is 19.6. The lowest BCUT2D eigenvalue weighted by Crippen LogP contribution is -1.98. The van der Waals surface area contributed by atoms with Gasteiger partial charge >= 0.3 is 0 Å². The summed E-state index contributed by atoms with van der Waals surface area (Å²) in [4.78, 5) is 18.8. The zero-order chi connectivity index (χ0) is 63.1. The third kappa shape index (κ3) is 9.08. The van der Waals surface area contributed by atoms with E-state index in [0.29, 0.717) is 5.56 Å². The molecule has 0 fully saturated rings. The Kier molecular flexibility index (Phi) is 13.1. The minimum Gasteiger partial charge on any atom is -0.354 e. The van der Waals surface area contributed by atoms with Crippen molar-refractivity contribution in [3.8, 4) is 145 Å². The maximum Gasteiger partial charge on any atom is 0.277 e. The number of aromatic amines is 2. The van der Waals surface area contributed by atoms with E-state index in [4.69, 9.17) is 0 Å². The van der Waals surface area contributed by atoms with E-state index in [1.807, 2.05) is 18.2 Å². The minimum absolute atomic E-state index is 0.113. The van der Waals surface area contributed by atoms with E-state index in [-0.39, 0.29) is 10.6 Å². The predicted molar refractivity (Wildman–Crippen MR) is 396 cm³/mol. The Balaban J connectivity index is 0.000000104. The molecule has 0 atom stereocenters. The molecule has 15 aromatic carbocycles. The number of nitro groups is 1. The van der Waals surface area contributed by atoms with Crippen molar-refractivity contribution in [1.82, 2.24) is 9.97 Å². The van der Waals surface area contributed by atoms with Gasteiger partial charge in [-0.25, -0.2) is 0 Å². The summed E-state index contributed by atoms with van der Waals surface area (Å²) in [7, 11) is 0. The summed E-state index contributed by atoms with van der Waals surface area (Å²) in [5, 5.41) is 16.8. The zero-order valence-corrected chi connectivity index (χ0v) is 51.5. The Morgan fingerprint density at radius 2 is 0.505 bits per heavy atom. The number of para-hydroxylation sites is 3. The molecule has 2 aromatic heterocycles. The van der Waals surface area contributed by atoms with Gasteiger partial charge in [-0.1, -0.05) is 291 Å². The molecule has 0 amide bonds. The van der Waals surface area contributed by atoms with Crippen LogP contribution in [0.4, 0.5) is 5.69 Å². The van der Waals surface area contributed by atoms with Gasteiger partial charge in [-0.3, -0.25) is 10.1 Å². The average Bonchev–Trinajstić information content (AvgIpc) is 1.73. The molecule has 444 valence electrons. The number of fused-ring (bicyclic) bond motifs is 31. The Morgan fingerprint density at radius 1 is 0.211 bits per heavy atom. The van der Waals surface area contributed by atoms with Crippen LogP contribution in [-0.2, 0) is 0 Å². The van der Waals surface area contributed by atoms with E-state index in [1.54, 1.807) is 12.1 Å². The number of nitrogens with one attached hydrogen (secondary N) is 2. The fraction of sp³-hybridized carbons (Fsp3) is 0. The summed E-state index contributed by atoms with van der Waals surface area (Å²) in [6, 6.07) is 118. The summed E-state index contributed by atoms with van der Waals surface area (Å²) >= 11 is 0. The van der Waals surface area contributed by atoms with Crippen LogP contribution in [0.25, 0.3) is 188 Å². The fourth-order valence-electron chi connectivity index (χ4n) is 15.4. The summed E-state index contributed by atoms with van der Waals surface area (Å²) in [6.45, 7) is 0. The average molecular weight is 1210 g/mol. The lowest BCUT2D eigenvalue weighted by molar-refractivity contribution is -0.384. The van der Waals surface area contributed by atoms with Crippen molar-refractivity contribution in [2.75, 3.05) is 0 Å². The van der Waals surface area contributed by atoms with Crippen molar-refractivity contribution in [2.45, 2.75) is 0 Å². The first kappa shape index (κ1) is 55.2. The van der Waals surface area contributed by atoms with Crippen molar-refractivity contribution in [2.24, 2.45) is 0 Å². The predicted octanol–water partition coefficient (Wildman–Crippen LogP) is 24.8. The van der Waals surface area contributed by atoms with Gasteiger partial charge in [0, 0.05) is 49.7 Å². The molecule has 0 bridgehead atoms. The van der Waals surface area contributed by atoms with Crippen LogP contribution in [0.15, 0.2) is 334 Å². The number of hydrogen-bond acceptors (Lipinski definition) is 2. The Bertz CT molecular complexity index is 5900. The summed E-state index contributed by atoms with van der Waals surface area (Å²) in [6.07, 6.45) is 0. The second-order valence-electron chi connectivity index (χ2n) is 24.6. The van der Waals surface area contributed by atoms with Crippen molar-refractivity contribution >= 4 is 49.3 Å². The Morgan fingerprint density at radius 3 is 0.937 bits per heavy atom. The van der Waals surface area contributed by atoms with E-state index in [2.05, 4.69) is 313 Å². The molecule has 2 heterocycles. The van der Waals surface area contributed by atoms with Gasteiger partial charge in [0.25, 0.3) is 5.69 Å². The van der Waals surface area contributed by atoms with Crippen LogP contribution in [0.3, 0.4) is 0 Å². The second kappa shape index (κ2) is 22.6. The van der Waals surface area contributed by atoms with Gasteiger partial charge in [0.05, 0.1) is 16.0 Å². The lowest BCUT2D eigenvalue weighted by atomic mass is 9.80. The molecule has 0 saturated carbocycles. The van der Waals surface area contributed by atoms with Gasteiger partial charge in [-0.15, -0.1) is 0 Å². The topological polar surface area (TPSA) is 74.7 Å². The lowest BCUT2D eigenvalue weighted by Gasteiger charge is -2.23. The van der Waals surface area contributed by atoms with Crippen molar-refractivity contribution in [3.63, 3.8) is 0 Å². The Labute approximate surface area is 549 Å². The maximum absolute atomic E-state index is 11.7. The van der Waals surface area contributed by atoms with Gasteiger partial charge in [0.15, 0.2) is 0 Å². The third-order valence-electron chi connectivity index (χ3n) is 19.6. The molecular weight excluding hydrogens is 1160 g/mol. The summed E-state index contributed by atoms with van der Waals surface area (Å²) in [5.74, 6) is 0. The van der Waals surface area contributed by atoms with Crippen molar-refractivity contribution in [1.29, 1.82) is 0 Å². The minimum atomic E-state index is -0.314. The van der Waals surface area contributed by atoms with E-state index >= 15 is 0 Å². The van der Waals surface area contributed by atoms with Crippen LogP contribution in [-0.4, -0.2) is 14.9 Å². The molecule has 17 aromatic rings. The normalized spacial score (nSPS) is 11.7. The SMILES string of the molecule is O=[N+]([O-])c1ccccc1-c1ccc2c(c1)-c1ccccc1-c1ccccc1-c1ccccc1-2.c1ccc2c(c1)-c1ccccc1-c1cc3[nH]c4ccccc4c3cc1-c1ccccc1-2.c1ccc2c(c1)-c1ccccc1-c1ccc3c([nH]c4ccccc43)c1-c1ccccc1-2. The van der Waals surface area contributed by atoms with Crippen LogP contribution in [0.2, 0.25) is 0 Å². The molecule has 0 radical (unpaired) electrons. The molecule has 5 heteroatoms. The van der Waals surface area contributed by atoms with Gasteiger partial charge in [0.2, 0.25) is 0 Å². The number of nitrogens with zero attached hydrogens (tertiary/aromatic N) is 1. The first-order chi connectivity index (χ1) is 47.0. The molecular formula is C90H57N3O2. The van der Waals surface area contributed by atoms with Crippen LogP contribution in [0, 0.1) is 10.1 Å². The molecule has 2 N–H and O–H groups in total. The van der Waals surface area contributed by atoms with Gasteiger partial charge in [0.1, 0.15) is 0 Å². The van der Waals surface area contributed by atoms with E-state index in [0.717, 1.165) is 33.4 Å². The van der Waals surface area contributed by atoms with Gasteiger partial charge < -0.3 is 9.97 Å². The van der Waals surface area contributed by atoms with Gasteiger partial charge in [-0.05, 0) is 170 Å². The molecule has 5 nitrogen and oxygen atoms in total. The first-order valence-corrected chi connectivity index (χ1v) is 32.3. The molecule has 0 saturated heterocycles. The van der Waals surface area contributed by atoms with Crippen molar-refractivity contribution in [3.05, 3.63) is 344 Å². The molecule has 0 aliphatic heterocycles. The highest BCUT2D eigenvalue weighted by Crippen LogP contribution is 2.53. The highest BCUT2D eigenvalue weighted by atomic mass is 16.6. The Hall–Kier alpha value is -12.7. The number of H-pyrrole nitrogens is 2. The molecule has 0 unspecified atom stereocenters. The van der Waals surface area contributed by atoms with Crippen molar-refractivity contribution < 1.29 is 4.92 Å². The smallest absolute Gasteiger partial charge is 0.277 e. The maximum atomic E-state index is 11.7. The first-order valence-electron chi connectivity index (χ1n) is 32.3. The molecule has 95 heavy (non-hydrogen) atoms. The largest absolute Gasteiger partial charge is 0.354 e. The number of hydrogen-bond donors (Lipinski definition) is 2. The van der Waals surface area contributed by atoms with Crippen LogP contribution in [0.5, 0.6) is 0 Å². The zero-order valence-electron chi connectivity index (χ0n) is 51.5. The monoisotopic (exact) mass is 1210 g/mol. The fourth-order valence-corrected chi connectivity index (χ4v) is 15.4. The van der Waals surface area contributed by atoms with E-state index in [1.165, 1.54) is 149 Å². The van der Waals surface area contributed by atoms with Crippen LogP contribution < -0.4 is 0 Å². The van der Waals surface area contributed by atoms with Crippen LogP contribution >= 0.6 is 0 Å². The van der Waals surface area contributed by atoms with Gasteiger partial charge in [-0.2, -0.15) is 0 Å². The molecule has 3 aliphatic rings. The number of rotatable bonds is 2. The van der Waals surface area contributed by atoms with Crippen LogP contribution in [0.1, 0.15) is 0 Å². The van der Waals surface area contributed by atoms with E-state index < -0.39 is 0 Å². The number of aromatic nitrogens is 2. The summed E-state index contributed by atoms with van der Waals surface area (Å²) in [5.41, 5.74) is 36.0. The standard InChI is InChI=1S/C30H19NO2.2C30H19N/c32-31(33)30-16-8-7-9-21(30)20-17-18-28-26-14-4-3-12-24(26)22-10-1-2-11-23(22)25-13-5-6-15-27(25)29(28)19-20;1-2-10-20-19(9-1)21-11-3-5-13-23(21)26-17-28-25-15-7-8-16-29(25)31-30(28)18-27(26)24-14-6-4-12-22(20)24;1-2-10-20-19(9-1)21-11-3-4-13-23(21)26-17-18-27-24-14-7-8-16-28(24)31-30(27)29(26)25-15-6-5-12-22(20)25/h1-19H;2*1-18,31H. The molecule has 0 spiro atoms. The highest BCUT2D eigenvalue weighted by Gasteiger charge is 2.28. The molecule has 20 rings (SSSR count).